The number of sulfonamides is 1. The van der Waals surface area contributed by atoms with Crippen LogP contribution in [0.25, 0.3) is 0 Å². The van der Waals surface area contributed by atoms with Crippen LogP contribution in [-0.2, 0) is 14.8 Å². The molecule has 0 unspecified atom stereocenters. The fourth-order valence-electron chi connectivity index (χ4n) is 3.10. The number of aryl methyl sites for hydroxylation is 1. The minimum absolute atomic E-state index is 0.0288. The second kappa shape index (κ2) is 7.74. The Morgan fingerprint density at radius 3 is 2.48 bits per heavy atom. The standard InChI is InChI=1S/C18H26N2O4S/c1-13-11-16(25(22,23)20-15-5-3-2-4-6-15)9-10-17(13)24-12-18(21)19-14-7-8-14/h9-11,14-15,20H,2-8,12H2,1H3,(H,19,21). The minimum Gasteiger partial charge on any atom is -0.484 e. The third-order valence-corrected chi connectivity index (χ3v) is 6.20. The van der Waals surface area contributed by atoms with E-state index in [4.69, 9.17) is 4.74 Å². The summed E-state index contributed by atoms with van der Waals surface area (Å²) < 4.78 is 33.4. The molecule has 1 aromatic rings. The Morgan fingerprint density at radius 1 is 1.12 bits per heavy atom. The third kappa shape index (κ3) is 5.19. The van der Waals surface area contributed by atoms with Crippen LogP contribution >= 0.6 is 0 Å². The fraction of sp³-hybridized carbons (Fsp3) is 0.611. The normalized spacial score (nSPS) is 18.8. The maximum absolute atomic E-state index is 12.5. The van der Waals surface area contributed by atoms with Crippen LogP contribution < -0.4 is 14.8 Å². The molecule has 2 saturated carbocycles. The van der Waals surface area contributed by atoms with Crippen LogP contribution in [-0.4, -0.2) is 33.0 Å². The van der Waals surface area contributed by atoms with Gasteiger partial charge in [0.15, 0.2) is 6.61 Å². The number of ether oxygens (including phenoxy) is 1. The molecule has 0 heterocycles. The van der Waals surface area contributed by atoms with Crippen LogP contribution in [0.1, 0.15) is 50.5 Å². The molecule has 0 saturated heterocycles. The zero-order valence-electron chi connectivity index (χ0n) is 14.6. The van der Waals surface area contributed by atoms with Gasteiger partial charge in [-0.3, -0.25) is 4.79 Å². The SMILES string of the molecule is Cc1cc(S(=O)(=O)NC2CCCCC2)ccc1OCC(=O)NC1CC1. The van der Waals surface area contributed by atoms with Gasteiger partial charge < -0.3 is 10.1 Å². The van der Waals surface area contributed by atoms with Gasteiger partial charge in [-0.25, -0.2) is 13.1 Å². The van der Waals surface area contributed by atoms with Crippen molar-refractivity contribution in [1.82, 2.24) is 10.0 Å². The van der Waals surface area contributed by atoms with E-state index in [-0.39, 0.29) is 23.5 Å². The molecule has 1 amide bonds. The van der Waals surface area contributed by atoms with E-state index in [2.05, 4.69) is 10.0 Å². The van der Waals surface area contributed by atoms with Crippen LogP contribution in [0, 0.1) is 6.92 Å². The summed E-state index contributed by atoms with van der Waals surface area (Å²) in [5.74, 6) is 0.389. The summed E-state index contributed by atoms with van der Waals surface area (Å²) in [4.78, 5) is 11.9. The zero-order chi connectivity index (χ0) is 17.9. The van der Waals surface area contributed by atoms with Crippen LogP contribution in [0.15, 0.2) is 23.1 Å². The largest absolute Gasteiger partial charge is 0.484 e. The Balaban J connectivity index is 1.60. The van der Waals surface area contributed by atoms with Gasteiger partial charge >= 0.3 is 0 Å². The third-order valence-electron chi connectivity index (χ3n) is 4.68. The number of hydrogen-bond donors (Lipinski definition) is 2. The Hall–Kier alpha value is -1.60. The molecular formula is C18H26N2O4S. The van der Waals surface area contributed by atoms with Gasteiger partial charge in [0.2, 0.25) is 10.0 Å². The predicted molar refractivity (Wildman–Crippen MR) is 95.0 cm³/mol. The second-order valence-corrected chi connectivity index (χ2v) is 8.73. The van der Waals surface area contributed by atoms with E-state index in [1.54, 1.807) is 19.1 Å². The van der Waals surface area contributed by atoms with Gasteiger partial charge in [-0.2, -0.15) is 0 Å². The van der Waals surface area contributed by atoms with Gasteiger partial charge in [-0.05, 0) is 56.4 Å². The fourth-order valence-corrected chi connectivity index (χ4v) is 4.49. The van der Waals surface area contributed by atoms with Gasteiger partial charge in [-0.1, -0.05) is 19.3 Å². The quantitative estimate of drug-likeness (QED) is 0.775. The lowest BCUT2D eigenvalue weighted by atomic mass is 9.96. The molecule has 7 heteroatoms. The van der Waals surface area contributed by atoms with E-state index in [0.717, 1.165) is 38.5 Å². The number of carbonyl (C=O) groups is 1. The Morgan fingerprint density at radius 2 is 1.84 bits per heavy atom. The van der Waals surface area contributed by atoms with Crippen molar-refractivity contribution in [3.63, 3.8) is 0 Å². The molecule has 1 aromatic carbocycles. The maximum atomic E-state index is 12.5. The summed E-state index contributed by atoms with van der Waals surface area (Å²) in [5, 5.41) is 2.85. The van der Waals surface area contributed by atoms with Crippen molar-refractivity contribution in [1.29, 1.82) is 0 Å². The highest BCUT2D eigenvalue weighted by Gasteiger charge is 2.24. The predicted octanol–water partition coefficient (Wildman–Crippen LogP) is 2.26. The molecule has 0 atom stereocenters. The summed E-state index contributed by atoms with van der Waals surface area (Å²) in [7, 11) is -3.52. The lowest BCUT2D eigenvalue weighted by Crippen LogP contribution is -2.36. The monoisotopic (exact) mass is 366 g/mol. The maximum Gasteiger partial charge on any atom is 0.258 e. The summed E-state index contributed by atoms with van der Waals surface area (Å²) >= 11 is 0. The molecule has 25 heavy (non-hydrogen) atoms. The summed E-state index contributed by atoms with van der Waals surface area (Å²) in [6.45, 7) is 1.73. The molecule has 2 fully saturated rings. The number of benzene rings is 1. The molecule has 6 nitrogen and oxygen atoms in total. The van der Waals surface area contributed by atoms with Gasteiger partial charge in [0, 0.05) is 12.1 Å². The molecule has 3 rings (SSSR count). The van der Waals surface area contributed by atoms with E-state index >= 15 is 0 Å². The molecule has 2 aliphatic carbocycles. The number of amides is 1. The van der Waals surface area contributed by atoms with Crippen LogP contribution in [0.4, 0.5) is 0 Å². The van der Waals surface area contributed by atoms with Gasteiger partial charge in [0.05, 0.1) is 4.90 Å². The van der Waals surface area contributed by atoms with Crippen molar-refractivity contribution in [3.05, 3.63) is 23.8 Å². The molecular weight excluding hydrogens is 340 g/mol. The second-order valence-electron chi connectivity index (χ2n) is 7.01. The number of hydrogen-bond acceptors (Lipinski definition) is 4. The van der Waals surface area contributed by atoms with Gasteiger partial charge in [0.1, 0.15) is 5.75 Å². The van der Waals surface area contributed by atoms with Crippen molar-refractivity contribution in [2.24, 2.45) is 0 Å². The Kier molecular flexibility index (Phi) is 5.64. The van der Waals surface area contributed by atoms with Gasteiger partial charge in [0.25, 0.3) is 5.91 Å². The molecule has 0 aromatic heterocycles. The lowest BCUT2D eigenvalue weighted by molar-refractivity contribution is -0.123. The van der Waals surface area contributed by atoms with E-state index in [1.807, 2.05) is 0 Å². The number of nitrogens with one attached hydrogen (secondary N) is 2. The van der Waals surface area contributed by atoms with Crippen molar-refractivity contribution >= 4 is 15.9 Å². The smallest absolute Gasteiger partial charge is 0.258 e. The van der Waals surface area contributed by atoms with Crippen LogP contribution in [0.3, 0.4) is 0 Å². The average molecular weight is 366 g/mol. The molecule has 0 radical (unpaired) electrons. The summed E-state index contributed by atoms with van der Waals surface area (Å²) in [6, 6.07) is 5.08. The molecule has 0 spiro atoms. The first kappa shape index (κ1) is 18.2. The highest BCUT2D eigenvalue weighted by Crippen LogP contribution is 2.24. The van der Waals surface area contributed by atoms with Gasteiger partial charge in [-0.15, -0.1) is 0 Å². The van der Waals surface area contributed by atoms with Crippen molar-refractivity contribution in [2.45, 2.75) is 68.8 Å². The highest BCUT2D eigenvalue weighted by molar-refractivity contribution is 7.89. The van der Waals surface area contributed by atoms with Crippen molar-refractivity contribution in [2.75, 3.05) is 6.61 Å². The van der Waals surface area contributed by atoms with Crippen LogP contribution in [0.5, 0.6) is 5.75 Å². The first-order chi connectivity index (χ1) is 11.9. The lowest BCUT2D eigenvalue weighted by Gasteiger charge is -2.22. The topological polar surface area (TPSA) is 84.5 Å². The van der Waals surface area contributed by atoms with E-state index in [1.165, 1.54) is 12.5 Å². The molecule has 0 bridgehead atoms. The molecule has 2 aliphatic rings. The van der Waals surface area contributed by atoms with E-state index in [0.29, 0.717) is 17.4 Å². The number of carbonyl (C=O) groups excluding carboxylic acids is 1. The Labute approximate surface area is 149 Å². The van der Waals surface area contributed by atoms with E-state index < -0.39 is 10.0 Å². The molecule has 0 aliphatic heterocycles. The summed E-state index contributed by atoms with van der Waals surface area (Å²) in [5.41, 5.74) is 0.700. The molecule has 138 valence electrons. The number of rotatable bonds is 7. The van der Waals surface area contributed by atoms with E-state index in [9.17, 15) is 13.2 Å². The minimum atomic E-state index is -3.52. The molecule has 2 N–H and O–H groups in total. The average Bonchev–Trinajstić information content (AvgIpc) is 3.38. The zero-order valence-corrected chi connectivity index (χ0v) is 15.4. The summed E-state index contributed by atoms with van der Waals surface area (Å²) in [6.07, 6.45) is 7.18. The Bertz CT molecular complexity index is 723. The first-order valence-electron chi connectivity index (χ1n) is 8.99. The highest BCUT2D eigenvalue weighted by atomic mass is 32.2. The first-order valence-corrected chi connectivity index (χ1v) is 10.5. The van der Waals surface area contributed by atoms with Crippen molar-refractivity contribution in [3.8, 4) is 5.75 Å². The van der Waals surface area contributed by atoms with Crippen LogP contribution in [0.2, 0.25) is 0 Å². The van der Waals surface area contributed by atoms with Crippen molar-refractivity contribution < 1.29 is 17.9 Å².